The van der Waals surface area contributed by atoms with E-state index in [1.807, 2.05) is 62.8 Å². The zero-order valence-electron chi connectivity index (χ0n) is 16.3. The first-order valence-electron chi connectivity index (χ1n) is 8.95. The summed E-state index contributed by atoms with van der Waals surface area (Å²) < 4.78 is 7.37. The van der Waals surface area contributed by atoms with Gasteiger partial charge in [0.05, 0.1) is 5.39 Å². The molecule has 0 aliphatic rings. The van der Waals surface area contributed by atoms with Crippen molar-refractivity contribution in [2.45, 2.75) is 39.7 Å². The number of benzene rings is 1. The molecular weight excluding hydrogens is 342 g/mol. The first-order chi connectivity index (χ1) is 12.8. The van der Waals surface area contributed by atoms with Crippen LogP contribution in [0.1, 0.15) is 33.3 Å². The molecule has 7 heteroatoms. The first-order valence-corrected chi connectivity index (χ1v) is 8.95. The van der Waals surface area contributed by atoms with Gasteiger partial charge in [-0.05, 0) is 51.0 Å². The van der Waals surface area contributed by atoms with Crippen LogP contribution in [0.2, 0.25) is 0 Å². The van der Waals surface area contributed by atoms with Crippen molar-refractivity contribution in [3.05, 3.63) is 42.4 Å². The topological polar surface area (TPSA) is 81.1 Å². The lowest BCUT2D eigenvalue weighted by atomic mass is 10.2. The van der Waals surface area contributed by atoms with E-state index in [1.54, 1.807) is 0 Å². The highest BCUT2D eigenvalue weighted by Crippen LogP contribution is 2.29. The fourth-order valence-corrected chi connectivity index (χ4v) is 2.91. The smallest absolute Gasteiger partial charge is 0.413 e. The number of anilines is 2. The molecule has 0 aliphatic heterocycles. The third kappa shape index (κ3) is 4.02. The van der Waals surface area contributed by atoms with Gasteiger partial charge >= 0.3 is 6.09 Å². The van der Waals surface area contributed by atoms with Crippen molar-refractivity contribution >= 4 is 28.6 Å². The van der Waals surface area contributed by atoms with E-state index >= 15 is 0 Å². The summed E-state index contributed by atoms with van der Waals surface area (Å²) in [7, 11) is 1.88. The SMILES string of the molecule is CCc1cn(-c2cccc(NC)c2)c2ncnc(NC(=O)OC(C)(C)C)c12. The Kier molecular flexibility index (Phi) is 5.03. The molecular formula is C20H25N5O2. The van der Waals surface area contributed by atoms with Crippen LogP contribution in [0.15, 0.2) is 36.8 Å². The lowest BCUT2D eigenvalue weighted by Crippen LogP contribution is -2.27. The van der Waals surface area contributed by atoms with Gasteiger partial charge in [0.15, 0.2) is 0 Å². The fraction of sp³-hybridized carbons (Fsp3) is 0.350. The van der Waals surface area contributed by atoms with E-state index in [0.29, 0.717) is 5.82 Å². The van der Waals surface area contributed by atoms with Crippen LogP contribution in [0.5, 0.6) is 0 Å². The molecule has 0 fully saturated rings. The van der Waals surface area contributed by atoms with Crippen molar-refractivity contribution < 1.29 is 9.53 Å². The number of nitrogens with one attached hydrogen (secondary N) is 2. The van der Waals surface area contributed by atoms with Gasteiger partial charge in [0, 0.05) is 24.6 Å². The molecule has 0 aliphatic carbocycles. The summed E-state index contributed by atoms with van der Waals surface area (Å²) in [4.78, 5) is 21.0. The van der Waals surface area contributed by atoms with Gasteiger partial charge in [-0.2, -0.15) is 0 Å². The van der Waals surface area contributed by atoms with E-state index < -0.39 is 11.7 Å². The quantitative estimate of drug-likeness (QED) is 0.715. The van der Waals surface area contributed by atoms with Crippen LogP contribution < -0.4 is 10.6 Å². The monoisotopic (exact) mass is 367 g/mol. The van der Waals surface area contributed by atoms with Gasteiger partial charge in [0.1, 0.15) is 23.4 Å². The highest BCUT2D eigenvalue weighted by atomic mass is 16.6. The zero-order chi connectivity index (χ0) is 19.6. The number of ether oxygens (including phenoxy) is 1. The summed E-state index contributed by atoms with van der Waals surface area (Å²) in [6.07, 6.45) is 3.74. The summed E-state index contributed by atoms with van der Waals surface area (Å²) in [5.74, 6) is 0.453. The van der Waals surface area contributed by atoms with Crippen LogP contribution in [-0.4, -0.2) is 33.3 Å². The van der Waals surface area contributed by atoms with Crippen LogP contribution in [0.25, 0.3) is 16.7 Å². The average molecular weight is 367 g/mol. The van der Waals surface area contributed by atoms with Gasteiger partial charge in [-0.1, -0.05) is 13.0 Å². The standard InChI is InChI=1S/C20H25N5O2/c1-6-13-11-25(15-9-7-8-14(10-15)21-5)18-16(13)17(22-12-23-18)24-19(26)27-20(2,3)4/h7-12,21H,6H2,1-5H3,(H,22,23,24,26). The summed E-state index contributed by atoms with van der Waals surface area (Å²) >= 11 is 0. The Hall–Kier alpha value is -3.09. The van der Waals surface area contributed by atoms with E-state index in [-0.39, 0.29) is 0 Å². The highest BCUT2D eigenvalue weighted by molar-refractivity contribution is 5.98. The van der Waals surface area contributed by atoms with Crippen molar-refractivity contribution in [3.8, 4) is 5.69 Å². The number of fused-ring (bicyclic) bond motifs is 1. The molecule has 0 atom stereocenters. The Morgan fingerprint density at radius 3 is 2.70 bits per heavy atom. The average Bonchev–Trinajstić information content (AvgIpc) is 3.00. The molecule has 142 valence electrons. The third-order valence-corrected chi connectivity index (χ3v) is 4.07. The van der Waals surface area contributed by atoms with E-state index in [9.17, 15) is 4.79 Å². The molecule has 2 aromatic heterocycles. The molecule has 0 radical (unpaired) electrons. The Morgan fingerprint density at radius 2 is 2.04 bits per heavy atom. The van der Waals surface area contributed by atoms with Crippen molar-refractivity contribution in [1.82, 2.24) is 14.5 Å². The van der Waals surface area contributed by atoms with E-state index in [1.165, 1.54) is 6.33 Å². The van der Waals surface area contributed by atoms with Gasteiger partial charge in [-0.25, -0.2) is 14.8 Å². The summed E-state index contributed by atoms with van der Waals surface area (Å²) in [5, 5.41) is 6.73. The number of nitrogens with zero attached hydrogens (tertiary/aromatic N) is 3. The lowest BCUT2D eigenvalue weighted by Gasteiger charge is -2.19. The second-order valence-electron chi connectivity index (χ2n) is 7.23. The molecule has 0 spiro atoms. The van der Waals surface area contributed by atoms with Crippen LogP contribution in [0.3, 0.4) is 0 Å². The molecule has 27 heavy (non-hydrogen) atoms. The Labute approximate surface area is 158 Å². The van der Waals surface area contributed by atoms with Crippen molar-refractivity contribution in [2.75, 3.05) is 17.7 Å². The largest absolute Gasteiger partial charge is 0.444 e. The molecule has 2 N–H and O–H groups in total. The van der Waals surface area contributed by atoms with Gasteiger partial charge in [0.2, 0.25) is 0 Å². The molecule has 7 nitrogen and oxygen atoms in total. The summed E-state index contributed by atoms with van der Waals surface area (Å²) in [6.45, 7) is 7.54. The molecule has 0 saturated heterocycles. The second kappa shape index (κ2) is 7.26. The van der Waals surface area contributed by atoms with Crippen molar-refractivity contribution in [3.63, 3.8) is 0 Å². The molecule has 1 amide bonds. The summed E-state index contributed by atoms with van der Waals surface area (Å²) in [6, 6.07) is 8.05. The number of amides is 1. The molecule has 0 bridgehead atoms. The van der Waals surface area contributed by atoms with Gasteiger partial charge < -0.3 is 14.6 Å². The predicted molar refractivity (Wildman–Crippen MR) is 108 cm³/mol. The van der Waals surface area contributed by atoms with Crippen LogP contribution in [0, 0.1) is 0 Å². The third-order valence-electron chi connectivity index (χ3n) is 4.07. The van der Waals surface area contributed by atoms with Crippen molar-refractivity contribution in [1.29, 1.82) is 0 Å². The molecule has 3 rings (SSSR count). The number of hydrogen-bond donors (Lipinski definition) is 2. The number of rotatable bonds is 4. The van der Waals surface area contributed by atoms with Crippen LogP contribution >= 0.6 is 0 Å². The zero-order valence-corrected chi connectivity index (χ0v) is 16.3. The number of aromatic nitrogens is 3. The highest BCUT2D eigenvalue weighted by Gasteiger charge is 2.20. The lowest BCUT2D eigenvalue weighted by molar-refractivity contribution is 0.0635. The maximum Gasteiger partial charge on any atom is 0.413 e. The Morgan fingerprint density at radius 1 is 1.26 bits per heavy atom. The molecule has 0 unspecified atom stereocenters. The Bertz CT molecular complexity index is 972. The van der Waals surface area contributed by atoms with E-state index in [2.05, 4.69) is 27.5 Å². The summed E-state index contributed by atoms with van der Waals surface area (Å²) in [5.41, 5.74) is 3.19. The van der Waals surface area contributed by atoms with Gasteiger partial charge in [-0.15, -0.1) is 0 Å². The molecule has 1 aromatic carbocycles. The van der Waals surface area contributed by atoms with Gasteiger partial charge in [0.25, 0.3) is 0 Å². The fourth-order valence-electron chi connectivity index (χ4n) is 2.91. The minimum atomic E-state index is -0.580. The van der Waals surface area contributed by atoms with E-state index in [0.717, 1.165) is 34.4 Å². The predicted octanol–water partition coefficient (Wildman–Crippen LogP) is 4.37. The molecule has 0 saturated carbocycles. The number of carbonyl (C=O) groups is 1. The number of carbonyl (C=O) groups excluding carboxylic acids is 1. The Balaban J connectivity index is 2.08. The minimum absolute atomic E-state index is 0.453. The maximum absolute atomic E-state index is 12.2. The van der Waals surface area contributed by atoms with E-state index in [4.69, 9.17) is 4.74 Å². The molecule has 3 aromatic rings. The second-order valence-corrected chi connectivity index (χ2v) is 7.23. The number of aryl methyl sites for hydroxylation is 1. The van der Waals surface area contributed by atoms with Crippen LogP contribution in [-0.2, 0) is 11.2 Å². The molecule has 2 heterocycles. The van der Waals surface area contributed by atoms with Gasteiger partial charge in [-0.3, -0.25) is 5.32 Å². The van der Waals surface area contributed by atoms with Crippen LogP contribution in [0.4, 0.5) is 16.3 Å². The number of hydrogen-bond acceptors (Lipinski definition) is 5. The maximum atomic E-state index is 12.2. The van der Waals surface area contributed by atoms with Crippen molar-refractivity contribution in [2.24, 2.45) is 0 Å². The minimum Gasteiger partial charge on any atom is -0.444 e. The normalized spacial score (nSPS) is 11.4. The first kappa shape index (κ1) is 18.7.